The number of amides is 1. The number of anilines is 1. The second-order valence-electron chi connectivity index (χ2n) is 6.14. The van der Waals surface area contributed by atoms with Gasteiger partial charge in [-0.15, -0.1) is 0 Å². The molecule has 0 atom stereocenters. The highest BCUT2D eigenvalue weighted by Gasteiger charge is 2.17. The third-order valence-corrected chi connectivity index (χ3v) is 4.21. The molecule has 2 heterocycles. The number of ketones is 1. The van der Waals surface area contributed by atoms with Gasteiger partial charge < -0.3 is 4.98 Å². The summed E-state index contributed by atoms with van der Waals surface area (Å²) in [6.45, 7) is 0. The van der Waals surface area contributed by atoms with Crippen LogP contribution >= 0.6 is 0 Å². The minimum atomic E-state index is -0.496. The van der Waals surface area contributed by atoms with Gasteiger partial charge in [-0.05, 0) is 30.3 Å². The molecule has 134 valence electrons. The molecule has 0 bridgehead atoms. The molecule has 1 aliphatic rings. The van der Waals surface area contributed by atoms with Crippen LogP contribution in [0.5, 0.6) is 0 Å². The van der Waals surface area contributed by atoms with E-state index in [0.717, 1.165) is 11.8 Å². The number of aromatic amines is 1. The Hall–Kier alpha value is -3.61. The van der Waals surface area contributed by atoms with Crippen LogP contribution < -0.4 is 5.32 Å². The average molecular weight is 362 g/mol. The van der Waals surface area contributed by atoms with Gasteiger partial charge in [-0.3, -0.25) is 19.9 Å². The first-order valence-electron chi connectivity index (χ1n) is 8.39. The molecule has 0 spiro atoms. The summed E-state index contributed by atoms with van der Waals surface area (Å²) in [5.41, 5.74) is 2.56. The Morgan fingerprint density at radius 3 is 2.81 bits per heavy atom. The molecule has 0 fully saturated rings. The van der Waals surface area contributed by atoms with E-state index in [1.807, 2.05) is 6.08 Å². The summed E-state index contributed by atoms with van der Waals surface area (Å²) < 4.78 is 13.3. The molecular weight excluding hydrogens is 347 g/mol. The van der Waals surface area contributed by atoms with Gasteiger partial charge in [0, 0.05) is 35.9 Å². The lowest BCUT2D eigenvalue weighted by atomic mass is 10.0. The van der Waals surface area contributed by atoms with Crippen molar-refractivity contribution in [3.63, 3.8) is 0 Å². The largest absolute Gasteiger partial charge is 0.324 e. The number of rotatable bonds is 5. The van der Waals surface area contributed by atoms with Crippen LogP contribution in [0, 0.1) is 5.82 Å². The Morgan fingerprint density at radius 1 is 1.19 bits per heavy atom. The number of aromatic nitrogens is 2. The SMILES string of the molecule is O=C(Nc1nc2c(C(=O)CC3=NC=CC3)cccc2[nH]1)c1cccc(F)c1. The predicted octanol–water partition coefficient (Wildman–Crippen LogP) is 3.89. The van der Waals surface area contributed by atoms with Crippen molar-refractivity contribution >= 4 is 34.4 Å². The first-order valence-corrected chi connectivity index (χ1v) is 8.39. The normalized spacial score (nSPS) is 13.0. The molecule has 6 nitrogen and oxygen atoms in total. The van der Waals surface area contributed by atoms with Gasteiger partial charge in [0.15, 0.2) is 5.78 Å². The molecule has 0 saturated carbocycles. The summed E-state index contributed by atoms with van der Waals surface area (Å²) >= 11 is 0. The van der Waals surface area contributed by atoms with Crippen molar-refractivity contribution in [2.24, 2.45) is 4.99 Å². The van der Waals surface area contributed by atoms with Crippen molar-refractivity contribution in [3.05, 3.63) is 71.7 Å². The van der Waals surface area contributed by atoms with Crippen LogP contribution in [-0.4, -0.2) is 27.4 Å². The Bertz CT molecular complexity index is 1110. The molecule has 0 saturated heterocycles. The van der Waals surface area contributed by atoms with E-state index in [9.17, 15) is 14.0 Å². The van der Waals surface area contributed by atoms with Crippen molar-refractivity contribution in [2.45, 2.75) is 12.8 Å². The van der Waals surface area contributed by atoms with Gasteiger partial charge in [0.1, 0.15) is 11.3 Å². The Balaban J connectivity index is 1.59. The monoisotopic (exact) mass is 362 g/mol. The zero-order chi connectivity index (χ0) is 18.8. The highest BCUT2D eigenvalue weighted by atomic mass is 19.1. The number of fused-ring (bicyclic) bond motifs is 1. The van der Waals surface area contributed by atoms with E-state index in [1.54, 1.807) is 24.4 Å². The van der Waals surface area contributed by atoms with E-state index >= 15 is 0 Å². The maximum absolute atomic E-state index is 13.3. The molecule has 2 aromatic carbocycles. The van der Waals surface area contributed by atoms with Crippen LogP contribution in [0.25, 0.3) is 11.0 Å². The maximum Gasteiger partial charge on any atom is 0.258 e. The number of nitrogens with zero attached hydrogens (tertiary/aromatic N) is 2. The average Bonchev–Trinajstić information content (AvgIpc) is 3.30. The lowest BCUT2D eigenvalue weighted by Crippen LogP contribution is -2.13. The molecule has 3 aromatic rings. The van der Waals surface area contributed by atoms with Gasteiger partial charge in [-0.1, -0.05) is 18.2 Å². The number of allylic oxidation sites excluding steroid dienone is 1. The summed E-state index contributed by atoms with van der Waals surface area (Å²) in [7, 11) is 0. The van der Waals surface area contributed by atoms with E-state index < -0.39 is 11.7 Å². The van der Waals surface area contributed by atoms with Crippen LogP contribution in [-0.2, 0) is 0 Å². The number of benzene rings is 2. The standard InChI is InChI=1S/C20H15FN4O2/c21-13-5-1-4-12(10-13)19(27)25-20-23-16-8-2-7-15(18(16)24-20)17(26)11-14-6-3-9-22-14/h1-5,7-10H,6,11H2,(H2,23,24,25,27). The Morgan fingerprint density at radius 2 is 2.04 bits per heavy atom. The fourth-order valence-corrected chi connectivity index (χ4v) is 2.92. The molecule has 27 heavy (non-hydrogen) atoms. The van der Waals surface area contributed by atoms with Crippen molar-refractivity contribution < 1.29 is 14.0 Å². The van der Waals surface area contributed by atoms with Gasteiger partial charge in [0.25, 0.3) is 5.91 Å². The number of aliphatic imine (C=N–C) groups is 1. The summed E-state index contributed by atoms with van der Waals surface area (Å²) in [5, 5.41) is 2.60. The lowest BCUT2D eigenvalue weighted by Gasteiger charge is -2.02. The second kappa shape index (κ2) is 6.95. The number of halogens is 1. The predicted molar refractivity (Wildman–Crippen MR) is 101 cm³/mol. The number of imidazole rings is 1. The van der Waals surface area contributed by atoms with Gasteiger partial charge in [-0.25, -0.2) is 9.37 Å². The number of H-pyrrole nitrogens is 1. The molecule has 0 aliphatic carbocycles. The Labute approximate surface area is 153 Å². The van der Waals surface area contributed by atoms with E-state index in [1.165, 1.54) is 18.2 Å². The fourth-order valence-electron chi connectivity index (χ4n) is 2.92. The van der Waals surface area contributed by atoms with Gasteiger partial charge in [-0.2, -0.15) is 0 Å². The van der Waals surface area contributed by atoms with Crippen LogP contribution in [0.15, 0.2) is 59.7 Å². The Kier molecular flexibility index (Phi) is 4.33. The number of Topliss-reactive ketones (excluding diaryl/α,β-unsaturated/α-hetero) is 1. The van der Waals surface area contributed by atoms with Crippen LogP contribution in [0.2, 0.25) is 0 Å². The summed E-state index contributed by atoms with van der Waals surface area (Å²) in [6, 6.07) is 10.6. The molecule has 1 aliphatic heterocycles. The molecule has 0 unspecified atom stereocenters. The summed E-state index contributed by atoms with van der Waals surface area (Å²) in [5.74, 6) is -0.880. The number of hydrogen-bond donors (Lipinski definition) is 2. The van der Waals surface area contributed by atoms with Gasteiger partial charge >= 0.3 is 0 Å². The zero-order valence-corrected chi connectivity index (χ0v) is 14.2. The van der Waals surface area contributed by atoms with Crippen LogP contribution in [0.1, 0.15) is 33.6 Å². The first kappa shape index (κ1) is 16.8. The van der Waals surface area contributed by atoms with Crippen molar-refractivity contribution in [1.82, 2.24) is 9.97 Å². The van der Waals surface area contributed by atoms with Crippen LogP contribution in [0.3, 0.4) is 0 Å². The smallest absolute Gasteiger partial charge is 0.258 e. The number of hydrogen-bond acceptors (Lipinski definition) is 4. The highest BCUT2D eigenvalue weighted by Crippen LogP contribution is 2.21. The quantitative estimate of drug-likeness (QED) is 0.675. The minimum absolute atomic E-state index is 0.0856. The third-order valence-electron chi connectivity index (χ3n) is 4.21. The topological polar surface area (TPSA) is 87.2 Å². The molecular formula is C20H15FN4O2. The van der Waals surface area contributed by atoms with Crippen molar-refractivity contribution in [3.8, 4) is 0 Å². The molecule has 4 rings (SSSR count). The third kappa shape index (κ3) is 3.52. The molecule has 1 aromatic heterocycles. The second-order valence-corrected chi connectivity index (χ2v) is 6.14. The van der Waals surface area contributed by atoms with Crippen molar-refractivity contribution in [2.75, 3.05) is 5.32 Å². The van der Waals surface area contributed by atoms with Gasteiger partial charge in [0.2, 0.25) is 5.95 Å². The first-order chi connectivity index (χ1) is 13.1. The van der Waals surface area contributed by atoms with Crippen LogP contribution in [0.4, 0.5) is 10.3 Å². The van der Waals surface area contributed by atoms with E-state index in [2.05, 4.69) is 20.3 Å². The number of carbonyl (C=O) groups excluding carboxylic acids is 2. The van der Waals surface area contributed by atoms with Crippen molar-refractivity contribution in [1.29, 1.82) is 0 Å². The van der Waals surface area contributed by atoms with E-state index in [-0.39, 0.29) is 23.7 Å². The van der Waals surface area contributed by atoms with E-state index in [0.29, 0.717) is 23.0 Å². The molecule has 7 heteroatoms. The molecule has 1 amide bonds. The zero-order valence-electron chi connectivity index (χ0n) is 14.2. The highest BCUT2D eigenvalue weighted by molar-refractivity contribution is 6.15. The van der Waals surface area contributed by atoms with Gasteiger partial charge in [0.05, 0.1) is 5.52 Å². The number of para-hydroxylation sites is 1. The summed E-state index contributed by atoms with van der Waals surface area (Å²) in [6.07, 6.45) is 4.50. The number of carbonyl (C=O) groups is 2. The van der Waals surface area contributed by atoms with E-state index in [4.69, 9.17) is 0 Å². The fraction of sp³-hybridized carbons (Fsp3) is 0.100. The minimum Gasteiger partial charge on any atom is -0.324 e. The number of nitrogens with one attached hydrogen (secondary N) is 2. The lowest BCUT2D eigenvalue weighted by molar-refractivity contribution is 0.0999. The summed E-state index contributed by atoms with van der Waals surface area (Å²) in [4.78, 5) is 36.4. The molecule has 0 radical (unpaired) electrons. The molecule has 2 N–H and O–H groups in total. The maximum atomic E-state index is 13.3.